The number of amides is 3. The summed E-state index contributed by atoms with van der Waals surface area (Å²) in [4.78, 5) is 28.3. The second-order valence-corrected chi connectivity index (χ2v) is 6.12. The van der Waals surface area contributed by atoms with Gasteiger partial charge >= 0.3 is 6.03 Å². The first-order valence-corrected chi connectivity index (χ1v) is 8.35. The quantitative estimate of drug-likeness (QED) is 0.925. The second kappa shape index (κ2) is 7.38. The van der Waals surface area contributed by atoms with Crippen LogP contribution in [0.15, 0.2) is 34.9 Å². The lowest BCUT2D eigenvalue weighted by Gasteiger charge is -2.34. The van der Waals surface area contributed by atoms with Crippen molar-refractivity contribution >= 4 is 11.9 Å². The molecule has 1 aromatic carbocycles. The fraction of sp³-hybridized carbons (Fsp3) is 0.389. The van der Waals surface area contributed by atoms with Gasteiger partial charge in [0, 0.05) is 32.7 Å². The molecule has 1 aliphatic heterocycles. The van der Waals surface area contributed by atoms with E-state index in [0.717, 1.165) is 5.56 Å². The number of benzene rings is 1. The molecule has 0 unspecified atom stereocenters. The lowest BCUT2D eigenvalue weighted by atomic mass is 10.1. The normalized spacial score (nSPS) is 14.5. The fourth-order valence-electron chi connectivity index (χ4n) is 2.94. The van der Waals surface area contributed by atoms with E-state index < -0.39 is 0 Å². The molecule has 1 aliphatic rings. The topological polar surface area (TPSA) is 78.7 Å². The van der Waals surface area contributed by atoms with Crippen molar-refractivity contribution in [3.05, 3.63) is 52.9 Å². The minimum Gasteiger partial charge on any atom is -0.361 e. The van der Waals surface area contributed by atoms with Crippen molar-refractivity contribution in [1.82, 2.24) is 20.3 Å². The summed E-state index contributed by atoms with van der Waals surface area (Å²) in [5, 5.41) is 6.75. The van der Waals surface area contributed by atoms with E-state index in [0.29, 0.717) is 49.7 Å². The van der Waals surface area contributed by atoms with Gasteiger partial charge in [-0.1, -0.05) is 35.5 Å². The van der Waals surface area contributed by atoms with Crippen molar-refractivity contribution in [3.8, 4) is 0 Å². The number of carbonyl (C=O) groups is 2. The van der Waals surface area contributed by atoms with E-state index in [1.807, 2.05) is 30.3 Å². The number of aromatic nitrogens is 1. The third-order valence-electron chi connectivity index (χ3n) is 4.39. The van der Waals surface area contributed by atoms with E-state index >= 15 is 0 Å². The van der Waals surface area contributed by atoms with E-state index in [9.17, 15) is 9.59 Å². The van der Waals surface area contributed by atoms with Crippen LogP contribution in [0.3, 0.4) is 0 Å². The smallest absolute Gasteiger partial charge is 0.317 e. The van der Waals surface area contributed by atoms with E-state index in [1.54, 1.807) is 23.6 Å². The van der Waals surface area contributed by atoms with E-state index in [2.05, 4.69) is 10.5 Å². The molecule has 3 amide bonds. The molecule has 132 valence electrons. The van der Waals surface area contributed by atoms with Crippen LogP contribution in [0.1, 0.15) is 27.4 Å². The Morgan fingerprint density at radius 2 is 1.72 bits per heavy atom. The van der Waals surface area contributed by atoms with Crippen LogP contribution in [0, 0.1) is 13.8 Å². The lowest BCUT2D eigenvalue weighted by Crippen LogP contribution is -2.53. The molecule has 0 spiro atoms. The molecule has 0 bridgehead atoms. The maximum atomic E-state index is 12.6. The average molecular weight is 342 g/mol. The Bertz CT molecular complexity index is 729. The number of hydrogen-bond donors (Lipinski definition) is 1. The number of nitrogens with one attached hydrogen (secondary N) is 1. The molecule has 0 radical (unpaired) electrons. The summed E-state index contributed by atoms with van der Waals surface area (Å²) in [5.74, 6) is 0.450. The maximum absolute atomic E-state index is 12.6. The van der Waals surface area contributed by atoms with Crippen molar-refractivity contribution in [2.75, 3.05) is 26.2 Å². The first-order chi connectivity index (χ1) is 12.1. The molecule has 1 fully saturated rings. The molecular weight excluding hydrogens is 320 g/mol. The number of piperazine rings is 1. The molecular formula is C18H22N4O3. The van der Waals surface area contributed by atoms with E-state index in [4.69, 9.17) is 4.52 Å². The third kappa shape index (κ3) is 3.81. The predicted octanol–water partition coefficient (Wildman–Crippen LogP) is 1.96. The van der Waals surface area contributed by atoms with Gasteiger partial charge < -0.3 is 19.6 Å². The number of carbonyl (C=O) groups excluding carboxylic acids is 2. The standard InChI is InChI=1S/C18H22N4O3/c1-13-16(14(2)25-20-13)17(23)21-8-10-22(11-9-21)18(24)19-12-15-6-4-3-5-7-15/h3-7H,8-12H2,1-2H3,(H,19,24). The van der Waals surface area contributed by atoms with Crippen LogP contribution < -0.4 is 5.32 Å². The Morgan fingerprint density at radius 3 is 2.32 bits per heavy atom. The number of hydrogen-bond acceptors (Lipinski definition) is 4. The third-order valence-corrected chi connectivity index (χ3v) is 4.39. The minimum atomic E-state index is -0.103. The zero-order valence-corrected chi connectivity index (χ0v) is 14.5. The van der Waals surface area contributed by atoms with Gasteiger partial charge in [0.1, 0.15) is 11.3 Å². The van der Waals surface area contributed by atoms with Crippen molar-refractivity contribution in [2.24, 2.45) is 0 Å². The van der Waals surface area contributed by atoms with Gasteiger partial charge in [-0.25, -0.2) is 4.79 Å². The minimum absolute atomic E-state index is 0.0828. The number of nitrogens with zero attached hydrogens (tertiary/aromatic N) is 3. The van der Waals surface area contributed by atoms with Crippen molar-refractivity contribution < 1.29 is 14.1 Å². The van der Waals surface area contributed by atoms with Crippen LogP contribution in [-0.2, 0) is 6.54 Å². The highest BCUT2D eigenvalue weighted by molar-refractivity contribution is 5.96. The highest BCUT2D eigenvalue weighted by Gasteiger charge is 2.28. The Morgan fingerprint density at radius 1 is 1.08 bits per heavy atom. The number of aryl methyl sites for hydroxylation is 2. The molecule has 0 saturated carbocycles. The first-order valence-electron chi connectivity index (χ1n) is 8.35. The first kappa shape index (κ1) is 17.0. The van der Waals surface area contributed by atoms with Gasteiger partial charge in [-0.2, -0.15) is 0 Å². The number of rotatable bonds is 3. The van der Waals surface area contributed by atoms with Gasteiger partial charge in [0.25, 0.3) is 5.91 Å². The molecule has 0 aliphatic carbocycles. The average Bonchev–Trinajstić information content (AvgIpc) is 2.98. The van der Waals surface area contributed by atoms with Crippen molar-refractivity contribution in [3.63, 3.8) is 0 Å². The van der Waals surface area contributed by atoms with Crippen LogP contribution >= 0.6 is 0 Å². The van der Waals surface area contributed by atoms with Gasteiger partial charge in [-0.15, -0.1) is 0 Å². The fourth-order valence-corrected chi connectivity index (χ4v) is 2.94. The zero-order valence-electron chi connectivity index (χ0n) is 14.5. The van der Waals surface area contributed by atoms with Crippen LogP contribution in [0.2, 0.25) is 0 Å². The van der Waals surface area contributed by atoms with Gasteiger partial charge in [0.15, 0.2) is 0 Å². The molecule has 7 nitrogen and oxygen atoms in total. The van der Waals surface area contributed by atoms with Crippen LogP contribution in [0.25, 0.3) is 0 Å². The Kier molecular flexibility index (Phi) is 5.02. The summed E-state index contributed by atoms with van der Waals surface area (Å²) < 4.78 is 5.07. The highest BCUT2D eigenvalue weighted by Crippen LogP contribution is 2.16. The molecule has 3 rings (SSSR count). The second-order valence-electron chi connectivity index (χ2n) is 6.12. The van der Waals surface area contributed by atoms with Gasteiger partial charge in [0.05, 0.1) is 5.69 Å². The molecule has 2 aromatic rings. The molecule has 7 heteroatoms. The monoisotopic (exact) mass is 342 g/mol. The van der Waals surface area contributed by atoms with E-state index in [-0.39, 0.29) is 11.9 Å². The summed E-state index contributed by atoms with van der Waals surface area (Å²) >= 11 is 0. The zero-order chi connectivity index (χ0) is 17.8. The molecule has 2 heterocycles. The van der Waals surface area contributed by atoms with Crippen LogP contribution in [-0.4, -0.2) is 53.1 Å². The summed E-state index contributed by atoms with van der Waals surface area (Å²) in [5.41, 5.74) is 2.19. The van der Waals surface area contributed by atoms with Crippen LogP contribution in [0.4, 0.5) is 4.79 Å². The van der Waals surface area contributed by atoms with Crippen LogP contribution in [0.5, 0.6) is 0 Å². The largest absolute Gasteiger partial charge is 0.361 e. The summed E-state index contributed by atoms with van der Waals surface area (Å²) in [6, 6.07) is 9.68. The van der Waals surface area contributed by atoms with Crippen molar-refractivity contribution in [1.29, 1.82) is 0 Å². The van der Waals surface area contributed by atoms with Gasteiger partial charge in [-0.3, -0.25) is 4.79 Å². The van der Waals surface area contributed by atoms with Gasteiger partial charge in [-0.05, 0) is 19.4 Å². The summed E-state index contributed by atoms with van der Waals surface area (Å²) in [6.07, 6.45) is 0. The lowest BCUT2D eigenvalue weighted by molar-refractivity contribution is 0.0662. The molecule has 1 aromatic heterocycles. The van der Waals surface area contributed by atoms with Gasteiger partial charge in [0.2, 0.25) is 0 Å². The molecule has 1 N–H and O–H groups in total. The molecule has 1 saturated heterocycles. The van der Waals surface area contributed by atoms with Crippen molar-refractivity contribution in [2.45, 2.75) is 20.4 Å². The Hall–Kier alpha value is -2.83. The SMILES string of the molecule is Cc1noc(C)c1C(=O)N1CCN(C(=O)NCc2ccccc2)CC1. The molecule has 25 heavy (non-hydrogen) atoms. The summed E-state index contributed by atoms with van der Waals surface area (Å²) in [6.45, 7) is 6.02. The highest BCUT2D eigenvalue weighted by atomic mass is 16.5. The Balaban J connectivity index is 1.51. The maximum Gasteiger partial charge on any atom is 0.317 e. The number of urea groups is 1. The predicted molar refractivity (Wildman–Crippen MR) is 92.1 cm³/mol. The summed E-state index contributed by atoms with van der Waals surface area (Å²) in [7, 11) is 0. The van der Waals surface area contributed by atoms with E-state index in [1.165, 1.54) is 0 Å². The molecule has 0 atom stereocenters. The Labute approximate surface area is 146 Å².